The summed E-state index contributed by atoms with van der Waals surface area (Å²) in [6.45, 7) is 6.05. The van der Waals surface area contributed by atoms with Crippen LogP contribution in [0.25, 0.3) is 5.69 Å². The summed E-state index contributed by atoms with van der Waals surface area (Å²) >= 11 is 0. The maximum Gasteiger partial charge on any atom is 0.336 e. The number of dihydropyridines is 1. The number of nitrogens with zero attached hydrogens (tertiary/aromatic N) is 3. The molecule has 0 radical (unpaired) electrons. The lowest BCUT2D eigenvalue weighted by molar-refractivity contribution is -0.384. The van der Waals surface area contributed by atoms with E-state index in [1.165, 1.54) is 25.3 Å². The van der Waals surface area contributed by atoms with Crippen LogP contribution in [0.4, 0.5) is 5.69 Å². The fourth-order valence-electron chi connectivity index (χ4n) is 5.11. The molecule has 0 bridgehead atoms. The minimum Gasteiger partial charge on any atom is -0.478 e. The monoisotopic (exact) mass is 588 g/mol. The number of nitrogens with one attached hydrogen (secondary N) is 1. The number of benzene rings is 2. The van der Waals surface area contributed by atoms with Gasteiger partial charge in [-0.3, -0.25) is 10.1 Å². The number of hydrogen-bond acceptors (Lipinski definition) is 9. The van der Waals surface area contributed by atoms with Gasteiger partial charge in [0.1, 0.15) is 0 Å². The van der Waals surface area contributed by atoms with Crippen LogP contribution >= 0.6 is 0 Å². The number of carbonyl (C=O) groups is 2. The lowest BCUT2D eigenvalue weighted by Crippen LogP contribution is -2.32. The highest BCUT2D eigenvalue weighted by molar-refractivity contribution is 5.99. The molecule has 1 unspecified atom stereocenters. The zero-order valence-corrected chi connectivity index (χ0v) is 24.8. The molecular weight excluding hydrogens is 552 g/mol. The van der Waals surface area contributed by atoms with Crippen LogP contribution < -0.4 is 10.1 Å². The zero-order chi connectivity index (χ0) is 30.9. The van der Waals surface area contributed by atoms with E-state index in [0.717, 1.165) is 30.6 Å². The molecule has 0 fully saturated rings. The Labute approximate surface area is 250 Å². The van der Waals surface area contributed by atoms with Crippen LogP contribution in [0.15, 0.2) is 83.2 Å². The smallest absolute Gasteiger partial charge is 0.336 e. The maximum atomic E-state index is 13.4. The van der Waals surface area contributed by atoms with E-state index in [9.17, 15) is 19.7 Å². The molecule has 0 saturated carbocycles. The van der Waals surface area contributed by atoms with E-state index in [4.69, 9.17) is 14.2 Å². The van der Waals surface area contributed by atoms with Gasteiger partial charge < -0.3 is 19.5 Å². The number of rotatable bonds is 13. The first-order chi connectivity index (χ1) is 20.7. The van der Waals surface area contributed by atoms with E-state index in [0.29, 0.717) is 35.9 Å². The molecule has 2 heterocycles. The van der Waals surface area contributed by atoms with Crippen molar-refractivity contribution in [3.8, 4) is 11.6 Å². The Morgan fingerprint density at radius 3 is 2.26 bits per heavy atom. The number of carbonyl (C=O) groups excluding carboxylic acids is 2. The highest BCUT2D eigenvalue weighted by Gasteiger charge is 2.38. The van der Waals surface area contributed by atoms with Crippen LogP contribution in [0.1, 0.15) is 56.7 Å². The van der Waals surface area contributed by atoms with Gasteiger partial charge in [-0.2, -0.15) is 5.10 Å². The molecule has 11 nitrogen and oxygen atoms in total. The molecule has 3 aromatic rings. The second-order valence-corrected chi connectivity index (χ2v) is 10.2. The van der Waals surface area contributed by atoms with Crippen molar-refractivity contribution in [2.75, 3.05) is 20.3 Å². The summed E-state index contributed by atoms with van der Waals surface area (Å²) in [4.78, 5) is 37.1. The molecule has 2 aromatic carbocycles. The van der Waals surface area contributed by atoms with Crippen LogP contribution in [0.3, 0.4) is 0 Å². The van der Waals surface area contributed by atoms with Crippen LogP contribution in [-0.4, -0.2) is 47.0 Å². The summed E-state index contributed by atoms with van der Waals surface area (Å²) in [6, 6.07) is 17.6. The summed E-state index contributed by atoms with van der Waals surface area (Å²) in [5.74, 6) is -1.42. The Bertz CT molecular complexity index is 1540. The minimum absolute atomic E-state index is 0.146. The van der Waals surface area contributed by atoms with Gasteiger partial charge in [0.2, 0.25) is 5.88 Å². The predicted octanol–water partition coefficient (Wildman–Crippen LogP) is 5.68. The van der Waals surface area contributed by atoms with Gasteiger partial charge in [0.25, 0.3) is 5.69 Å². The topological polar surface area (TPSA) is 135 Å². The van der Waals surface area contributed by atoms with Gasteiger partial charge in [-0.25, -0.2) is 14.3 Å². The molecule has 0 spiro atoms. The first kappa shape index (κ1) is 31.0. The second kappa shape index (κ2) is 14.3. The van der Waals surface area contributed by atoms with Crippen molar-refractivity contribution in [2.24, 2.45) is 0 Å². The molecule has 4 rings (SSSR count). The number of aromatic nitrogens is 2. The Hall–Kier alpha value is -4.93. The summed E-state index contributed by atoms with van der Waals surface area (Å²) in [6.07, 6.45) is 3.17. The molecule has 43 heavy (non-hydrogen) atoms. The molecule has 1 aromatic heterocycles. The first-order valence-corrected chi connectivity index (χ1v) is 14.1. The van der Waals surface area contributed by atoms with Crippen LogP contribution in [-0.2, 0) is 19.1 Å². The van der Waals surface area contributed by atoms with E-state index >= 15 is 0 Å². The standard InChI is InChI=1S/C32H36N4O7/c1-21-19-27(35(34-21)25-14-8-7-9-15-25)42-17-10-5-6-11-18-43-32(38)29-23(3)33-22(2)28(31(37)41-4)30(29)24-13-12-16-26(20-24)36(39)40/h7-9,12-16,19-20,30,33H,5-6,10-11,17-18H2,1-4H3. The Morgan fingerprint density at radius 2 is 1.58 bits per heavy atom. The van der Waals surface area contributed by atoms with E-state index < -0.39 is 22.8 Å². The van der Waals surface area contributed by atoms with E-state index in [1.807, 2.05) is 43.3 Å². The predicted molar refractivity (Wildman–Crippen MR) is 160 cm³/mol. The Balaban J connectivity index is 1.32. The number of unbranched alkanes of at least 4 members (excludes halogenated alkanes) is 3. The third kappa shape index (κ3) is 7.48. The van der Waals surface area contributed by atoms with Crippen molar-refractivity contribution < 1.29 is 28.7 Å². The van der Waals surface area contributed by atoms with Gasteiger partial charge in [-0.15, -0.1) is 0 Å². The maximum absolute atomic E-state index is 13.4. The number of allylic oxidation sites excluding steroid dienone is 2. The van der Waals surface area contributed by atoms with Gasteiger partial charge in [-0.1, -0.05) is 30.3 Å². The zero-order valence-electron chi connectivity index (χ0n) is 24.8. The van der Waals surface area contributed by atoms with Gasteiger partial charge in [-0.05, 0) is 64.2 Å². The summed E-state index contributed by atoms with van der Waals surface area (Å²) in [5, 5.41) is 19.0. The van der Waals surface area contributed by atoms with Crippen molar-refractivity contribution >= 4 is 17.6 Å². The number of nitro benzene ring substituents is 1. The average molecular weight is 589 g/mol. The third-order valence-corrected chi connectivity index (χ3v) is 7.12. The third-order valence-electron chi connectivity index (χ3n) is 7.12. The number of non-ortho nitro benzene ring substituents is 1. The molecule has 1 N–H and O–H groups in total. The minimum atomic E-state index is -0.883. The van der Waals surface area contributed by atoms with Crippen LogP contribution in [0, 0.1) is 17.0 Å². The number of esters is 2. The number of hydrogen-bond donors (Lipinski definition) is 1. The Morgan fingerprint density at radius 1 is 0.907 bits per heavy atom. The van der Waals surface area contributed by atoms with Gasteiger partial charge in [0.15, 0.2) is 0 Å². The van der Waals surface area contributed by atoms with Crippen LogP contribution in [0.2, 0.25) is 0 Å². The molecule has 226 valence electrons. The molecule has 0 saturated heterocycles. The van der Waals surface area contributed by atoms with Crippen molar-refractivity contribution in [1.29, 1.82) is 0 Å². The molecule has 11 heteroatoms. The lowest BCUT2D eigenvalue weighted by atomic mass is 9.80. The largest absolute Gasteiger partial charge is 0.478 e. The Kier molecular flexibility index (Phi) is 10.3. The summed E-state index contributed by atoms with van der Waals surface area (Å²) in [7, 11) is 1.25. The quantitative estimate of drug-likeness (QED) is 0.116. The number of methoxy groups -OCH3 is 1. The highest BCUT2D eigenvalue weighted by Crippen LogP contribution is 2.40. The van der Waals surface area contributed by atoms with Crippen molar-refractivity contribution in [2.45, 2.75) is 52.4 Å². The molecule has 1 atom stereocenters. The van der Waals surface area contributed by atoms with E-state index in [-0.39, 0.29) is 23.4 Å². The average Bonchev–Trinajstić information content (AvgIpc) is 3.38. The highest BCUT2D eigenvalue weighted by atomic mass is 16.6. The molecule has 0 amide bonds. The van der Waals surface area contributed by atoms with Crippen molar-refractivity contribution in [3.05, 3.63) is 105 Å². The lowest BCUT2D eigenvalue weighted by Gasteiger charge is -2.30. The summed E-state index contributed by atoms with van der Waals surface area (Å²) in [5.41, 5.74) is 3.50. The molecule has 1 aliphatic heterocycles. The SMILES string of the molecule is COC(=O)C1=C(C)NC(C)=C(C(=O)OCCCCCCOc2cc(C)nn2-c2ccccc2)C1c1cccc([N+](=O)[O-])c1. The van der Waals surface area contributed by atoms with Gasteiger partial charge in [0, 0.05) is 29.6 Å². The summed E-state index contributed by atoms with van der Waals surface area (Å²) < 4.78 is 18.4. The fraction of sp³-hybridized carbons (Fsp3) is 0.344. The molecular formula is C32H36N4O7. The van der Waals surface area contributed by atoms with E-state index in [2.05, 4.69) is 10.4 Å². The second-order valence-electron chi connectivity index (χ2n) is 10.2. The van der Waals surface area contributed by atoms with Crippen LogP contribution in [0.5, 0.6) is 5.88 Å². The van der Waals surface area contributed by atoms with Gasteiger partial charge >= 0.3 is 11.9 Å². The first-order valence-electron chi connectivity index (χ1n) is 14.1. The van der Waals surface area contributed by atoms with Gasteiger partial charge in [0.05, 0.1) is 53.7 Å². The van der Waals surface area contributed by atoms with Crippen molar-refractivity contribution in [1.82, 2.24) is 15.1 Å². The normalized spacial score (nSPS) is 14.7. The number of nitro groups is 1. The molecule has 0 aliphatic carbocycles. The number of aryl methyl sites for hydroxylation is 1. The molecule has 1 aliphatic rings. The number of para-hydroxylation sites is 1. The fourth-order valence-corrected chi connectivity index (χ4v) is 5.11. The van der Waals surface area contributed by atoms with E-state index in [1.54, 1.807) is 24.6 Å². The number of ether oxygens (including phenoxy) is 3. The van der Waals surface area contributed by atoms with Crippen molar-refractivity contribution in [3.63, 3.8) is 0 Å².